The van der Waals surface area contributed by atoms with Crippen molar-refractivity contribution in [2.75, 3.05) is 36.4 Å². The van der Waals surface area contributed by atoms with Crippen LogP contribution >= 0.6 is 11.6 Å². The third kappa shape index (κ3) is 4.61. The van der Waals surface area contributed by atoms with E-state index >= 15 is 0 Å². The van der Waals surface area contributed by atoms with Crippen molar-refractivity contribution in [3.8, 4) is 11.3 Å². The molecule has 0 bridgehead atoms. The quantitative estimate of drug-likeness (QED) is 0.434. The maximum Gasteiger partial charge on any atom is 0.321 e. The van der Waals surface area contributed by atoms with Gasteiger partial charge in [-0.25, -0.2) is 4.79 Å². The summed E-state index contributed by atoms with van der Waals surface area (Å²) in [7, 11) is 0. The molecule has 0 radical (unpaired) electrons. The number of aryl methyl sites for hydroxylation is 1. The minimum absolute atomic E-state index is 0.118. The molecule has 7 heteroatoms. The molecule has 33 heavy (non-hydrogen) atoms. The van der Waals surface area contributed by atoms with Crippen LogP contribution in [-0.4, -0.2) is 47.3 Å². The molecule has 1 saturated heterocycles. The number of halogens is 1. The minimum Gasteiger partial charge on any atom is -0.352 e. The molecule has 1 aliphatic rings. The van der Waals surface area contributed by atoms with Crippen molar-refractivity contribution in [3.63, 3.8) is 0 Å². The van der Waals surface area contributed by atoms with E-state index in [0.29, 0.717) is 36.9 Å². The number of benzene rings is 3. The number of carbonyl (C=O) groups is 1. The van der Waals surface area contributed by atoms with E-state index in [1.54, 1.807) is 11.0 Å². The summed E-state index contributed by atoms with van der Waals surface area (Å²) in [6.07, 6.45) is 0. The lowest BCUT2D eigenvalue weighted by molar-refractivity contribution is 0.208. The molecule has 0 spiro atoms. The third-order valence-corrected chi connectivity index (χ3v) is 6.42. The van der Waals surface area contributed by atoms with Gasteiger partial charge in [0.2, 0.25) is 0 Å². The molecule has 166 valence electrons. The van der Waals surface area contributed by atoms with E-state index in [1.807, 2.05) is 43.3 Å². The standard InChI is InChI=1S/C26H24ClN5O/c1-18-6-9-22(17-23(18)27)28-26(33)32-14-12-31(13-15-32)25-11-10-24(29-30-25)21-8-7-19-4-2-3-5-20(19)16-21/h2-11,16-17H,12-15H2,1H3,(H,28,33). The largest absolute Gasteiger partial charge is 0.352 e. The monoisotopic (exact) mass is 457 g/mol. The van der Waals surface area contributed by atoms with E-state index in [2.05, 4.69) is 50.7 Å². The van der Waals surface area contributed by atoms with Crippen molar-refractivity contribution in [1.82, 2.24) is 15.1 Å². The summed E-state index contributed by atoms with van der Waals surface area (Å²) in [5.74, 6) is 0.824. The Balaban J connectivity index is 1.21. The molecular weight excluding hydrogens is 434 g/mol. The lowest BCUT2D eigenvalue weighted by Crippen LogP contribution is -2.50. The number of piperazine rings is 1. The molecule has 2 heterocycles. The van der Waals surface area contributed by atoms with Crippen molar-refractivity contribution in [2.24, 2.45) is 0 Å². The number of hydrogen-bond acceptors (Lipinski definition) is 4. The Morgan fingerprint density at radius 1 is 0.879 bits per heavy atom. The fraction of sp³-hybridized carbons (Fsp3) is 0.192. The van der Waals surface area contributed by atoms with E-state index in [0.717, 1.165) is 22.6 Å². The van der Waals surface area contributed by atoms with Gasteiger partial charge in [0.05, 0.1) is 5.69 Å². The van der Waals surface area contributed by atoms with Gasteiger partial charge in [0.1, 0.15) is 0 Å². The van der Waals surface area contributed by atoms with Gasteiger partial charge in [-0.05, 0) is 53.6 Å². The van der Waals surface area contributed by atoms with Crippen LogP contribution in [0.2, 0.25) is 5.02 Å². The molecule has 0 aliphatic carbocycles. The van der Waals surface area contributed by atoms with Crippen LogP contribution in [0.5, 0.6) is 0 Å². The second-order valence-corrected chi connectivity index (χ2v) is 8.61. The van der Waals surface area contributed by atoms with E-state index in [1.165, 1.54) is 10.8 Å². The molecular formula is C26H24ClN5O. The maximum absolute atomic E-state index is 12.6. The van der Waals surface area contributed by atoms with E-state index in [4.69, 9.17) is 11.6 Å². The van der Waals surface area contributed by atoms with Crippen LogP contribution < -0.4 is 10.2 Å². The molecule has 1 N–H and O–H groups in total. The summed E-state index contributed by atoms with van der Waals surface area (Å²) in [5, 5.41) is 14.9. The summed E-state index contributed by atoms with van der Waals surface area (Å²) in [6, 6.07) is 24.0. The number of hydrogen-bond donors (Lipinski definition) is 1. The summed E-state index contributed by atoms with van der Waals surface area (Å²) in [4.78, 5) is 16.6. The van der Waals surface area contributed by atoms with Gasteiger partial charge in [-0.3, -0.25) is 0 Å². The van der Waals surface area contributed by atoms with Gasteiger partial charge in [0.15, 0.2) is 5.82 Å². The molecule has 0 saturated carbocycles. The van der Waals surface area contributed by atoms with Gasteiger partial charge in [0, 0.05) is 42.5 Å². The van der Waals surface area contributed by atoms with E-state index in [-0.39, 0.29) is 6.03 Å². The number of anilines is 2. The number of rotatable bonds is 3. The number of carbonyl (C=O) groups excluding carboxylic acids is 1. The van der Waals surface area contributed by atoms with Crippen LogP contribution in [0.25, 0.3) is 22.0 Å². The second kappa shape index (κ2) is 9.08. The van der Waals surface area contributed by atoms with Gasteiger partial charge in [0.25, 0.3) is 0 Å². The molecule has 1 aromatic heterocycles. The predicted molar refractivity (Wildman–Crippen MR) is 134 cm³/mol. The third-order valence-electron chi connectivity index (χ3n) is 6.01. The first-order valence-corrected chi connectivity index (χ1v) is 11.3. The van der Waals surface area contributed by atoms with Gasteiger partial charge < -0.3 is 15.1 Å². The molecule has 4 aromatic rings. The lowest BCUT2D eigenvalue weighted by atomic mass is 10.1. The number of nitrogens with one attached hydrogen (secondary N) is 1. The second-order valence-electron chi connectivity index (χ2n) is 8.21. The molecule has 6 nitrogen and oxygen atoms in total. The Morgan fingerprint density at radius 3 is 2.39 bits per heavy atom. The molecule has 3 aromatic carbocycles. The minimum atomic E-state index is -0.118. The number of aromatic nitrogens is 2. The zero-order valence-electron chi connectivity index (χ0n) is 18.3. The lowest BCUT2D eigenvalue weighted by Gasteiger charge is -2.35. The van der Waals surface area contributed by atoms with Gasteiger partial charge in [-0.2, -0.15) is 0 Å². The van der Waals surface area contributed by atoms with Crippen LogP contribution in [-0.2, 0) is 0 Å². The Bertz CT molecular complexity index is 1300. The average molecular weight is 458 g/mol. The smallest absolute Gasteiger partial charge is 0.321 e. The van der Waals surface area contributed by atoms with Gasteiger partial charge >= 0.3 is 6.03 Å². The van der Waals surface area contributed by atoms with Crippen LogP contribution in [0.4, 0.5) is 16.3 Å². The number of urea groups is 1. The highest BCUT2D eigenvalue weighted by atomic mass is 35.5. The van der Waals surface area contributed by atoms with Crippen molar-refractivity contribution in [1.29, 1.82) is 0 Å². The van der Waals surface area contributed by atoms with Crippen LogP contribution in [0.15, 0.2) is 72.8 Å². The highest BCUT2D eigenvalue weighted by molar-refractivity contribution is 6.31. The van der Waals surface area contributed by atoms with Crippen molar-refractivity contribution in [3.05, 3.63) is 83.4 Å². The average Bonchev–Trinajstić information content (AvgIpc) is 2.86. The van der Waals surface area contributed by atoms with Crippen LogP contribution in [0.1, 0.15) is 5.56 Å². The van der Waals surface area contributed by atoms with E-state index in [9.17, 15) is 4.79 Å². The van der Waals surface area contributed by atoms with E-state index < -0.39 is 0 Å². The van der Waals surface area contributed by atoms with Crippen LogP contribution in [0.3, 0.4) is 0 Å². The van der Waals surface area contributed by atoms with Crippen molar-refractivity contribution < 1.29 is 4.79 Å². The maximum atomic E-state index is 12.6. The zero-order chi connectivity index (χ0) is 22.8. The van der Waals surface area contributed by atoms with Gasteiger partial charge in [-0.15, -0.1) is 10.2 Å². The predicted octanol–water partition coefficient (Wildman–Crippen LogP) is 5.61. The summed E-state index contributed by atoms with van der Waals surface area (Å²) < 4.78 is 0. The molecule has 1 fully saturated rings. The topological polar surface area (TPSA) is 61.4 Å². The Hall–Kier alpha value is -3.64. The number of fused-ring (bicyclic) bond motifs is 1. The highest BCUT2D eigenvalue weighted by Gasteiger charge is 2.22. The molecule has 1 aliphatic heterocycles. The summed E-state index contributed by atoms with van der Waals surface area (Å²) in [6.45, 7) is 4.56. The van der Waals surface area contributed by atoms with Gasteiger partial charge in [-0.1, -0.05) is 54.1 Å². The zero-order valence-corrected chi connectivity index (χ0v) is 19.1. The van der Waals surface area contributed by atoms with Crippen molar-refractivity contribution >= 4 is 39.9 Å². The Morgan fingerprint density at radius 2 is 1.67 bits per heavy atom. The SMILES string of the molecule is Cc1ccc(NC(=O)N2CCN(c3ccc(-c4ccc5ccccc5c4)nn3)CC2)cc1Cl. The fourth-order valence-corrected chi connectivity index (χ4v) is 4.19. The first-order chi connectivity index (χ1) is 16.1. The first kappa shape index (κ1) is 21.2. The number of amides is 2. The highest BCUT2D eigenvalue weighted by Crippen LogP contribution is 2.24. The molecule has 5 rings (SSSR count). The molecule has 2 amide bonds. The van der Waals surface area contributed by atoms with Crippen molar-refractivity contribution in [2.45, 2.75) is 6.92 Å². The van der Waals surface area contributed by atoms with Crippen LogP contribution in [0, 0.1) is 6.92 Å². The molecule has 0 atom stereocenters. The molecule has 0 unspecified atom stereocenters. The first-order valence-electron chi connectivity index (χ1n) is 11.0. The Labute approximate surface area is 197 Å². The number of nitrogens with zero attached hydrogens (tertiary/aromatic N) is 4. The summed E-state index contributed by atoms with van der Waals surface area (Å²) >= 11 is 6.16. The summed E-state index contributed by atoms with van der Waals surface area (Å²) in [5.41, 5.74) is 3.58. The fourth-order valence-electron chi connectivity index (χ4n) is 4.01. The Kier molecular flexibility index (Phi) is 5.84. The normalized spacial score (nSPS) is 13.9.